The van der Waals surface area contributed by atoms with Crippen molar-refractivity contribution in [2.24, 2.45) is 5.73 Å². The molecule has 1 rings (SSSR count). The van der Waals surface area contributed by atoms with Crippen LogP contribution >= 0.6 is 11.6 Å². The number of aliphatic carboxylic acids is 1. The van der Waals surface area contributed by atoms with Crippen LogP contribution in [0.25, 0.3) is 0 Å². The summed E-state index contributed by atoms with van der Waals surface area (Å²) in [5.74, 6) is -1.25. The minimum absolute atomic E-state index is 0.312. The number of benzene rings is 1. The highest BCUT2D eigenvalue weighted by Crippen LogP contribution is 2.26. The van der Waals surface area contributed by atoms with E-state index in [4.69, 9.17) is 27.2 Å². The van der Waals surface area contributed by atoms with Gasteiger partial charge in [-0.2, -0.15) is 0 Å². The predicted molar refractivity (Wildman–Crippen MR) is 66.9 cm³/mol. The highest BCUT2D eigenvalue weighted by atomic mass is 35.5. The fraction of sp³-hybridized carbons (Fsp3) is 0.273. The number of ether oxygens (including phenoxy) is 1. The molecule has 18 heavy (non-hydrogen) atoms. The van der Waals surface area contributed by atoms with Crippen molar-refractivity contribution >= 4 is 29.2 Å². The lowest BCUT2D eigenvalue weighted by Crippen LogP contribution is -2.37. The van der Waals surface area contributed by atoms with Crippen molar-refractivity contribution in [3.8, 4) is 5.75 Å². The average Bonchev–Trinajstić information content (AvgIpc) is 2.31. The summed E-state index contributed by atoms with van der Waals surface area (Å²) in [6.45, 7) is 0. The second-order valence-electron chi connectivity index (χ2n) is 3.54. The summed E-state index contributed by atoms with van der Waals surface area (Å²) < 4.78 is 4.98. The fourth-order valence-electron chi connectivity index (χ4n) is 1.23. The van der Waals surface area contributed by atoms with E-state index >= 15 is 0 Å². The molecule has 1 aromatic rings. The molecule has 0 spiro atoms. The van der Waals surface area contributed by atoms with E-state index < -0.39 is 24.3 Å². The summed E-state index contributed by atoms with van der Waals surface area (Å²) >= 11 is 5.88. The maximum atomic E-state index is 11.6. The van der Waals surface area contributed by atoms with Crippen LogP contribution in [0, 0.1) is 0 Å². The Labute approximate surface area is 109 Å². The van der Waals surface area contributed by atoms with Gasteiger partial charge in [-0.3, -0.25) is 9.59 Å². The maximum Gasteiger partial charge on any atom is 0.305 e. The first-order valence-corrected chi connectivity index (χ1v) is 5.43. The number of halogens is 1. The van der Waals surface area contributed by atoms with Crippen molar-refractivity contribution in [3.63, 3.8) is 0 Å². The summed E-state index contributed by atoms with van der Waals surface area (Å²) in [4.78, 5) is 22.0. The van der Waals surface area contributed by atoms with E-state index in [0.29, 0.717) is 16.5 Å². The third-order valence-electron chi connectivity index (χ3n) is 2.16. The Hall–Kier alpha value is -1.79. The number of hydrogen-bond donors (Lipinski definition) is 3. The molecule has 0 aromatic heterocycles. The molecule has 0 heterocycles. The van der Waals surface area contributed by atoms with E-state index in [1.165, 1.54) is 13.2 Å². The Bertz CT molecular complexity index is 464. The maximum absolute atomic E-state index is 11.6. The summed E-state index contributed by atoms with van der Waals surface area (Å²) in [6.07, 6.45) is -0.451. The van der Waals surface area contributed by atoms with Gasteiger partial charge in [-0.1, -0.05) is 11.6 Å². The Kier molecular flexibility index (Phi) is 4.94. The molecule has 0 aliphatic heterocycles. The molecule has 7 heteroatoms. The number of nitrogens with one attached hydrogen (secondary N) is 1. The minimum Gasteiger partial charge on any atom is -0.497 e. The van der Waals surface area contributed by atoms with Crippen molar-refractivity contribution in [1.82, 2.24) is 0 Å². The SMILES string of the molecule is COc1ccc(Cl)c(NC(=O)C(N)CC(=O)O)c1. The van der Waals surface area contributed by atoms with Crippen LogP contribution in [0.1, 0.15) is 6.42 Å². The van der Waals surface area contributed by atoms with Crippen LogP contribution in [0.3, 0.4) is 0 Å². The van der Waals surface area contributed by atoms with E-state index in [-0.39, 0.29) is 0 Å². The molecule has 1 aromatic carbocycles. The van der Waals surface area contributed by atoms with Gasteiger partial charge in [0.05, 0.1) is 30.3 Å². The second kappa shape index (κ2) is 6.23. The van der Waals surface area contributed by atoms with Crippen LogP contribution in [-0.4, -0.2) is 30.1 Å². The van der Waals surface area contributed by atoms with Gasteiger partial charge < -0.3 is 20.9 Å². The van der Waals surface area contributed by atoms with Gasteiger partial charge in [0, 0.05) is 6.07 Å². The van der Waals surface area contributed by atoms with Crippen LogP contribution in [0.4, 0.5) is 5.69 Å². The van der Waals surface area contributed by atoms with Gasteiger partial charge in [0.15, 0.2) is 0 Å². The van der Waals surface area contributed by atoms with Crippen LogP contribution in [-0.2, 0) is 9.59 Å². The van der Waals surface area contributed by atoms with Crippen molar-refractivity contribution in [1.29, 1.82) is 0 Å². The molecule has 0 aliphatic rings. The first-order valence-electron chi connectivity index (χ1n) is 5.06. The number of amides is 1. The summed E-state index contributed by atoms with van der Waals surface area (Å²) in [7, 11) is 1.48. The number of hydrogen-bond acceptors (Lipinski definition) is 4. The van der Waals surface area contributed by atoms with E-state index in [0.717, 1.165) is 0 Å². The molecule has 4 N–H and O–H groups in total. The molecule has 0 saturated heterocycles. The number of rotatable bonds is 5. The lowest BCUT2D eigenvalue weighted by atomic mass is 10.2. The number of anilines is 1. The topological polar surface area (TPSA) is 102 Å². The van der Waals surface area contributed by atoms with Crippen LogP contribution in [0.5, 0.6) is 5.75 Å². The summed E-state index contributed by atoms with van der Waals surface area (Å²) in [6, 6.07) is 3.58. The number of nitrogens with two attached hydrogens (primary N) is 1. The zero-order chi connectivity index (χ0) is 13.7. The summed E-state index contributed by atoms with van der Waals surface area (Å²) in [5, 5.41) is 11.3. The molecular weight excluding hydrogens is 260 g/mol. The number of methoxy groups -OCH3 is 1. The Morgan fingerprint density at radius 1 is 1.56 bits per heavy atom. The molecule has 0 radical (unpaired) electrons. The molecule has 6 nitrogen and oxygen atoms in total. The molecule has 0 fully saturated rings. The number of carbonyl (C=O) groups excluding carboxylic acids is 1. The fourth-order valence-corrected chi connectivity index (χ4v) is 1.40. The normalized spacial score (nSPS) is 11.7. The molecule has 0 bridgehead atoms. The quantitative estimate of drug-likeness (QED) is 0.745. The van der Waals surface area contributed by atoms with Crippen LogP contribution in [0.2, 0.25) is 5.02 Å². The molecular formula is C11H13ClN2O4. The van der Waals surface area contributed by atoms with E-state index in [1.807, 2.05) is 0 Å². The van der Waals surface area contributed by atoms with Crippen molar-refractivity contribution in [2.75, 3.05) is 12.4 Å². The van der Waals surface area contributed by atoms with Crippen molar-refractivity contribution < 1.29 is 19.4 Å². The van der Waals surface area contributed by atoms with E-state index in [2.05, 4.69) is 5.32 Å². The first kappa shape index (κ1) is 14.3. The van der Waals surface area contributed by atoms with Gasteiger partial charge in [-0.15, -0.1) is 0 Å². The lowest BCUT2D eigenvalue weighted by molar-refractivity contribution is -0.138. The van der Waals surface area contributed by atoms with Crippen LogP contribution in [0.15, 0.2) is 18.2 Å². The molecule has 1 unspecified atom stereocenters. The van der Waals surface area contributed by atoms with E-state index in [1.54, 1.807) is 12.1 Å². The highest BCUT2D eigenvalue weighted by Gasteiger charge is 2.18. The predicted octanol–water partition coefficient (Wildman–Crippen LogP) is 1.09. The van der Waals surface area contributed by atoms with Gasteiger partial charge in [0.25, 0.3) is 0 Å². The zero-order valence-electron chi connectivity index (χ0n) is 9.64. The average molecular weight is 273 g/mol. The number of carboxylic acid groups (broad SMARTS) is 1. The van der Waals surface area contributed by atoms with Gasteiger partial charge in [-0.25, -0.2) is 0 Å². The Morgan fingerprint density at radius 2 is 2.22 bits per heavy atom. The van der Waals surface area contributed by atoms with Gasteiger partial charge in [-0.05, 0) is 12.1 Å². The molecule has 0 aliphatic carbocycles. The molecule has 0 saturated carbocycles. The Morgan fingerprint density at radius 3 is 2.78 bits per heavy atom. The van der Waals surface area contributed by atoms with Crippen molar-refractivity contribution in [3.05, 3.63) is 23.2 Å². The van der Waals surface area contributed by atoms with Crippen molar-refractivity contribution in [2.45, 2.75) is 12.5 Å². The monoisotopic (exact) mass is 272 g/mol. The van der Waals surface area contributed by atoms with Gasteiger partial charge in [0.1, 0.15) is 5.75 Å². The van der Waals surface area contributed by atoms with Gasteiger partial charge >= 0.3 is 5.97 Å². The second-order valence-corrected chi connectivity index (χ2v) is 3.95. The molecule has 1 amide bonds. The smallest absolute Gasteiger partial charge is 0.305 e. The van der Waals surface area contributed by atoms with E-state index in [9.17, 15) is 9.59 Å². The first-order chi connectivity index (χ1) is 8.43. The number of carboxylic acids is 1. The molecule has 1 atom stereocenters. The summed E-state index contributed by atoms with van der Waals surface area (Å²) in [5.41, 5.74) is 5.74. The Balaban J connectivity index is 2.77. The minimum atomic E-state index is -1.14. The third kappa shape index (κ3) is 3.90. The molecule has 98 valence electrons. The van der Waals surface area contributed by atoms with Gasteiger partial charge in [0.2, 0.25) is 5.91 Å². The van der Waals surface area contributed by atoms with Crippen LogP contribution < -0.4 is 15.8 Å². The lowest BCUT2D eigenvalue weighted by Gasteiger charge is -2.12. The zero-order valence-corrected chi connectivity index (χ0v) is 10.4. The number of carbonyl (C=O) groups is 2. The standard InChI is InChI=1S/C11H13ClN2O4/c1-18-6-2-3-7(12)9(4-6)14-11(17)8(13)5-10(15)16/h2-4,8H,5,13H2,1H3,(H,14,17)(H,15,16). The third-order valence-corrected chi connectivity index (χ3v) is 2.49. The highest BCUT2D eigenvalue weighted by molar-refractivity contribution is 6.33. The largest absolute Gasteiger partial charge is 0.497 e.